The van der Waals surface area contributed by atoms with E-state index in [1.807, 2.05) is 24.3 Å². The molecule has 0 saturated carbocycles. The summed E-state index contributed by atoms with van der Waals surface area (Å²) in [5.41, 5.74) is 1.44. The molecule has 9 heteroatoms. The maximum atomic E-state index is 12.4. The third-order valence-electron chi connectivity index (χ3n) is 4.13. The highest BCUT2D eigenvalue weighted by molar-refractivity contribution is 9.10. The molecule has 2 N–H and O–H groups in total. The predicted molar refractivity (Wildman–Crippen MR) is 111 cm³/mol. The van der Waals surface area contributed by atoms with Crippen molar-refractivity contribution in [3.8, 4) is 17.2 Å². The summed E-state index contributed by atoms with van der Waals surface area (Å²) in [6.07, 6.45) is 0. The first-order valence-electron chi connectivity index (χ1n) is 8.51. The van der Waals surface area contributed by atoms with E-state index in [2.05, 4.69) is 26.2 Å². The number of carbonyl (C=O) groups excluding carboxylic acids is 2. The van der Waals surface area contributed by atoms with Crippen molar-refractivity contribution in [1.29, 1.82) is 0 Å². The summed E-state index contributed by atoms with van der Waals surface area (Å²) in [6.45, 7) is -0.461. The van der Waals surface area contributed by atoms with Gasteiger partial charge in [-0.2, -0.15) is 0 Å². The van der Waals surface area contributed by atoms with E-state index in [9.17, 15) is 9.59 Å². The predicted octanol–water partition coefficient (Wildman–Crippen LogP) is 3.75. The number of aromatic amines is 1. The molecule has 0 aliphatic rings. The van der Waals surface area contributed by atoms with E-state index in [1.165, 1.54) is 21.3 Å². The number of methoxy groups -OCH3 is 3. The number of hydrogen-bond acceptors (Lipinski definition) is 6. The molecule has 0 aliphatic carbocycles. The standard InChI is InChI=1S/C20H19BrN2O6/c1-26-14-8-11(9-15(27-2)19(14)28-3)22-16(24)10-29-20(25)18-17(21)12-6-4-5-7-13(12)23-18/h4-9,23H,10H2,1-3H3,(H,22,24). The number of carbonyl (C=O) groups is 2. The van der Waals surface area contributed by atoms with Crippen LogP contribution in [0.3, 0.4) is 0 Å². The zero-order chi connectivity index (χ0) is 21.0. The second-order valence-corrected chi connectivity index (χ2v) is 6.69. The molecule has 0 saturated heterocycles. The van der Waals surface area contributed by atoms with Gasteiger partial charge in [-0.05, 0) is 22.0 Å². The van der Waals surface area contributed by atoms with Gasteiger partial charge in [0, 0.05) is 28.7 Å². The molecule has 1 amide bonds. The van der Waals surface area contributed by atoms with Gasteiger partial charge in [-0.15, -0.1) is 0 Å². The van der Waals surface area contributed by atoms with Crippen LogP contribution < -0.4 is 19.5 Å². The molecule has 29 heavy (non-hydrogen) atoms. The number of para-hydroxylation sites is 1. The highest BCUT2D eigenvalue weighted by Gasteiger charge is 2.19. The molecule has 3 aromatic rings. The quantitative estimate of drug-likeness (QED) is 0.518. The molecule has 1 aromatic heterocycles. The van der Waals surface area contributed by atoms with Crippen LogP contribution in [-0.4, -0.2) is 44.8 Å². The molecule has 3 rings (SSSR count). The summed E-state index contributed by atoms with van der Waals surface area (Å²) in [5.74, 6) is 0.0263. The summed E-state index contributed by atoms with van der Waals surface area (Å²) in [7, 11) is 4.44. The Morgan fingerprint density at radius 3 is 2.28 bits per heavy atom. The van der Waals surface area contributed by atoms with Gasteiger partial charge in [0.1, 0.15) is 5.69 Å². The molecule has 8 nitrogen and oxygen atoms in total. The lowest BCUT2D eigenvalue weighted by Crippen LogP contribution is -2.21. The Morgan fingerprint density at radius 2 is 1.69 bits per heavy atom. The fourth-order valence-corrected chi connectivity index (χ4v) is 3.41. The molecule has 0 atom stereocenters. The Bertz CT molecular complexity index is 1040. The zero-order valence-electron chi connectivity index (χ0n) is 16.0. The fraction of sp³-hybridized carbons (Fsp3) is 0.200. The largest absolute Gasteiger partial charge is 0.493 e. The third kappa shape index (κ3) is 4.29. The van der Waals surface area contributed by atoms with E-state index < -0.39 is 18.5 Å². The summed E-state index contributed by atoms with van der Waals surface area (Å²) in [5, 5.41) is 3.49. The van der Waals surface area contributed by atoms with Crippen LogP contribution >= 0.6 is 15.9 Å². The Kier molecular flexibility index (Phi) is 6.28. The van der Waals surface area contributed by atoms with Crippen LogP contribution in [0.5, 0.6) is 17.2 Å². The highest BCUT2D eigenvalue weighted by Crippen LogP contribution is 2.39. The number of ether oxygens (including phenoxy) is 4. The Hall–Kier alpha value is -3.20. The van der Waals surface area contributed by atoms with Gasteiger partial charge in [-0.25, -0.2) is 4.79 Å². The lowest BCUT2D eigenvalue weighted by molar-refractivity contribution is -0.119. The number of nitrogens with one attached hydrogen (secondary N) is 2. The molecule has 0 spiro atoms. The van der Waals surface area contributed by atoms with Crippen LogP contribution in [-0.2, 0) is 9.53 Å². The van der Waals surface area contributed by atoms with Crippen LogP contribution in [0.25, 0.3) is 10.9 Å². The third-order valence-corrected chi connectivity index (χ3v) is 4.95. The Balaban J connectivity index is 1.68. The minimum Gasteiger partial charge on any atom is -0.493 e. The number of H-pyrrole nitrogens is 1. The summed E-state index contributed by atoms with van der Waals surface area (Å²) >= 11 is 3.39. The molecule has 152 valence electrons. The van der Waals surface area contributed by atoms with Crippen LogP contribution in [0.15, 0.2) is 40.9 Å². The molecule has 0 aliphatic heterocycles. The zero-order valence-corrected chi connectivity index (χ0v) is 17.6. The number of esters is 1. The average molecular weight is 463 g/mol. The first-order valence-corrected chi connectivity index (χ1v) is 9.31. The van der Waals surface area contributed by atoms with Gasteiger partial charge >= 0.3 is 5.97 Å². The molecule has 0 fully saturated rings. The van der Waals surface area contributed by atoms with E-state index in [0.29, 0.717) is 27.4 Å². The van der Waals surface area contributed by atoms with Gasteiger partial charge < -0.3 is 29.2 Å². The van der Waals surface area contributed by atoms with E-state index in [-0.39, 0.29) is 5.69 Å². The normalized spacial score (nSPS) is 10.5. The van der Waals surface area contributed by atoms with Crippen LogP contribution in [0, 0.1) is 0 Å². The Morgan fingerprint density at radius 1 is 1.03 bits per heavy atom. The van der Waals surface area contributed by atoms with E-state index >= 15 is 0 Å². The van der Waals surface area contributed by atoms with Crippen LogP contribution in [0.2, 0.25) is 0 Å². The molecule has 2 aromatic carbocycles. The number of benzene rings is 2. The average Bonchev–Trinajstić information content (AvgIpc) is 3.08. The van der Waals surface area contributed by atoms with Crippen molar-refractivity contribution in [3.05, 3.63) is 46.6 Å². The molecule has 0 unspecified atom stereocenters. The van der Waals surface area contributed by atoms with E-state index in [4.69, 9.17) is 18.9 Å². The molecule has 1 heterocycles. The number of rotatable bonds is 7. The molecule has 0 radical (unpaired) electrons. The number of fused-ring (bicyclic) bond motifs is 1. The second-order valence-electron chi connectivity index (χ2n) is 5.90. The number of hydrogen-bond donors (Lipinski definition) is 2. The maximum absolute atomic E-state index is 12.4. The first kappa shape index (κ1) is 20.5. The van der Waals surface area contributed by atoms with E-state index in [1.54, 1.807) is 12.1 Å². The molecular formula is C20H19BrN2O6. The number of halogens is 1. The topological polar surface area (TPSA) is 98.9 Å². The van der Waals surface area contributed by atoms with Gasteiger partial charge in [-0.3, -0.25) is 4.79 Å². The lowest BCUT2D eigenvalue weighted by atomic mass is 10.2. The van der Waals surface area contributed by atoms with E-state index in [0.717, 1.165) is 10.9 Å². The van der Waals surface area contributed by atoms with Crippen molar-refractivity contribution >= 4 is 44.4 Å². The lowest BCUT2D eigenvalue weighted by Gasteiger charge is -2.14. The van der Waals surface area contributed by atoms with Crippen LogP contribution in [0.1, 0.15) is 10.5 Å². The Labute approximate surface area is 175 Å². The second kappa shape index (κ2) is 8.87. The molecular weight excluding hydrogens is 444 g/mol. The van der Waals surface area contributed by atoms with Gasteiger partial charge in [0.15, 0.2) is 18.1 Å². The number of amides is 1. The van der Waals surface area contributed by atoms with Crippen LogP contribution in [0.4, 0.5) is 5.69 Å². The van der Waals surface area contributed by atoms with Gasteiger partial charge in [-0.1, -0.05) is 18.2 Å². The van der Waals surface area contributed by atoms with Crippen molar-refractivity contribution in [2.75, 3.05) is 33.3 Å². The van der Waals surface area contributed by atoms with Gasteiger partial charge in [0.2, 0.25) is 5.75 Å². The minimum atomic E-state index is -0.645. The first-order chi connectivity index (χ1) is 14.0. The summed E-state index contributed by atoms with van der Waals surface area (Å²) < 4.78 is 21.5. The van der Waals surface area contributed by atoms with Crippen molar-refractivity contribution in [2.24, 2.45) is 0 Å². The smallest absolute Gasteiger partial charge is 0.356 e. The SMILES string of the molecule is COc1cc(NC(=O)COC(=O)c2[nH]c3ccccc3c2Br)cc(OC)c1OC. The van der Waals surface area contributed by atoms with Crippen molar-refractivity contribution < 1.29 is 28.5 Å². The summed E-state index contributed by atoms with van der Waals surface area (Å²) in [6, 6.07) is 10.6. The van der Waals surface area contributed by atoms with Crippen molar-refractivity contribution in [3.63, 3.8) is 0 Å². The monoisotopic (exact) mass is 462 g/mol. The van der Waals surface area contributed by atoms with Crippen molar-refractivity contribution in [1.82, 2.24) is 4.98 Å². The van der Waals surface area contributed by atoms with Gasteiger partial charge in [0.05, 0.1) is 25.8 Å². The fourth-order valence-electron chi connectivity index (χ4n) is 2.80. The number of anilines is 1. The van der Waals surface area contributed by atoms with Gasteiger partial charge in [0.25, 0.3) is 5.91 Å². The highest BCUT2D eigenvalue weighted by atomic mass is 79.9. The van der Waals surface area contributed by atoms with Crippen molar-refractivity contribution in [2.45, 2.75) is 0 Å². The minimum absolute atomic E-state index is 0.242. The summed E-state index contributed by atoms with van der Waals surface area (Å²) in [4.78, 5) is 27.6. The maximum Gasteiger partial charge on any atom is 0.356 e. The number of aromatic nitrogens is 1. The molecule has 0 bridgehead atoms.